The van der Waals surface area contributed by atoms with Crippen LogP contribution in [-0.4, -0.2) is 26.1 Å². The van der Waals surface area contributed by atoms with Crippen molar-refractivity contribution in [1.29, 1.82) is 0 Å². The summed E-state index contributed by atoms with van der Waals surface area (Å²) in [5.74, 6) is -0.333. The molecule has 0 radical (unpaired) electrons. The molecular weight excluding hydrogens is 310 g/mol. The minimum Gasteiger partial charge on any atom is -0.478 e. The Kier molecular flexibility index (Phi) is 4.73. The van der Waals surface area contributed by atoms with Crippen molar-refractivity contribution in [1.82, 2.24) is 15.0 Å². The number of hydrogen-bond donors (Lipinski definition) is 1. The number of hydrogen-bond acceptors (Lipinski definition) is 4. The first-order valence-electron chi connectivity index (χ1n) is 7.10. The normalized spacial score (nSPS) is 10.6. The molecule has 0 bridgehead atoms. The van der Waals surface area contributed by atoms with Gasteiger partial charge in [0.15, 0.2) is 0 Å². The van der Waals surface area contributed by atoms with Crippen molar-refractivity contribution < 1.29 is 9.90 Å². The maximum atomic E-state index is 11.2. The molecule has 6 heteroatoms. The second kappa shape index (κ2) is 7.11. The second-order valence-corrected chi connectivity index (χ2v) is 6.00. The molecule has 116 valence electrons. The van der Waals surface area contributed by atoms with E-state index in [1.165, 1.54) is 11.8 Å². The van der Waals surface area contributed by atoms with Crippen LogP contribution in [0.3, 0.4) is 0 Å². The smallest absolute Gasteiger partial charge is 0.336 e. The molecule has 0 saturated carbocycles. The van der Waals surface area contributed by atoms with Crippen LogP contribution in [0, 0.1) is 0 Å². The van der Waals surface area contributed by atoms with E-state index in [-0.39, 0.29) is 0 Å². The third kappa shape index (κ3) is 3.98. The zero-order chi connectivity index (χ0) is 16.1. The van der Waals surface area contributed by atoms with Gasteiger partial charge in [0.1, 0.15) is 0 Å². The molecule has 0 saturated heterocycles. The largest absolute Gasteiger partial charge is 0.478 e. The van der Waals surface area contributed by atoms with Gasteiger partial charge in [0, 0.05) is 16.8 Å². The van der Waals surface area contributed by atoms with Gasteiger partial charge in [-0.1, -0.05) is 47.7 Å². The molecule has 1 aromatic heterocycles. The number of thioether (sulfide) groups is 1. The molecule has 0 unspecified atom stereocenters. The molecule has 0 aliphatic carbocycles. The molecule has 3 aromatic rings. The Balaban J connectivity index is 1.65. The maximum absolute atomic E-state index is 11.2. The summed E-state index contributed by atoms with van der Waals surface area (Å²) in [5, 5.41) is 17.5. The Morgan fingerprint density at radius 3 is 2.61 bits per heavy atom. The SMILES string of the molecule is O=C(O)c1ccccc1SCc1cn(Cc2ccccc2)nn1. The van der Waals surface area contributed by atoms with Crippen LogP contribution in [0.15, 0.2) is 65.7 Å². The van der Waals surface area contributed by atoms with Crippen molar-refractivity contribution in [2.24, 2.45) is 0 Å². The highest BCUT2D eigenvalue weighted by atomic mass is 32.2. The van der Waals surface area contributed by atoms with Crippen LogP contribution in [0.25, 0.3) is 0 Å². The molecule has 5 nitrogen and oxygen atoms in total. The fourth-order valence-corrected chi connectivity index (χ4v) is 3.09. The van der Waals surface area contributed by atoms with Crippen LogP contribution in [0.1, 0.15) is 21.6 Å². The predicted molar refractivity (Wildman–Crippen MR) is 88.5 cm³/mol. The van der Waals surface area contributed by atoms with Gasteiger partial charge in [-0.15, -0.1) is 16.9 Å². The van der Waals surface area contributed by atoms with E-state index >= 15 is 0 Å². The fourth-order valence-electron chi connectivity index (χ4n) is 2.17. The van der Waals surface area contributed by atoms with Gasteiger partial charge in [-0.2, -0.15) is 0 Å². The molecule has 0 spiro atoms. The van der Waals surface area contributed by atoms with Crippen LogP contribution in [0.2, 0.25) is 0 Å². The Labute approximate surface area is 138 Å². The summed E-state index contributed by atoms with van der Waals surface area (Å²) in [5.41, 5.74) is 2.30. The zero-order valence-corrected chi connectivity index (χ0v) is 13.1. The molecule has 1 N–H and O–H groups in total. The van der Waals surface area contributed by atoms with E-state index in [9.17, 15) is 9.90 Å². The molecule has 0 atom stereocenters. The van der Waals surface area contributed by atoms with Gasteiger partial charge in [-0.05, 0) is 17.7 Å². The van der Waals surface area contributed by atoms with Crippen molar-refractivity contribution in [3.63, 3.8) is 0 Å². The third-order valence-corrected chi connectivity index (χ3v) is 4.37. The lowest BCUT2D eigenvalue weighted by Crippen LogP contribution is -1.99. The number of aromatic nitrogens is 3. The molecule has 0 amide bonds. The summed E-state index contributed by atoms with van der Waals surface area (Å²) in [6, 6.07) is 17.0. The quantitative estimate of drug-likeness (QED) is 0.704. The molecule has 23 heavy (non-hydrogen) atoms. The molecule has 0 aliphatic rings. The molecule has 0 fully saturated rings. The van der Waals surface area contributed by atoms with Crippen LogP contribution in [0.4, 0.5) is 0 Å². The highest BCUT2D eigenvalue weighted by molar-refractivity contribution is 7.98. The lowest BCUT2D eigenvalue weighted by atomic mass is 10.2. The maximum Gasteiger partial charge on any atom is 0.336 e. The monoisotopic (exact) mass is 325 g/mol. The Hall–Kier alpha value is -2.60. The molecule has 2 aromatic carbocycles. The minimum atomic E-state index is -0.916. The van der Waals surface area contributed by atoms with E-state index in [1.807, 2.05) is 48.7 Å². The van der Waals surface area contributed by atoms with E-state index in [0.717, 1.165) is 16.2 Å². The second-order valence-electron chi connectivity index (χ2n) is 4.98. The van der Waals surface area contributed by atoms with Gasteiger partial charge in [-0.3, -0.25) is 0 Å². The summed E-state index contributed by atoms with van der Waals surface area (Å²) >= 11 is 1.45. The van der Waals surface area contributed by atoms with Gasteiger partial charge in [0.25, 0.3) is 0 Å². The van der Waals surface area contributed by atoms with Gasteiger partial charge < -0.3 is 5.11 Å². The van der Waals surface area contributed by atoms with Gasteiger partial charge >= 0.3 is 5.97 Å². The Morgan fingerprint density at radius 1 is 1.09 bits per heavy atom. The first-order valence-corrected chi connectivity index (χ1v) is 8.09. The van der Waals surface area contributed by atoms with Gasteiger partial charge in [0.2, 0.25) is 0 Å². The number of carboxylic acid groups (broad SMARTS) is 1. The van der Waals surface area contributed by atoms with Gasteiger partial charge in [0.05, 0.1) is 17.8 Å². The van der Waals surface area contributed by atoms with E-state index < -0.39 is 5.97 Å². The zero-order valence-electron chi connectivity index (χ0n) is 12.3. The van der Waals surface area contributed by atoms with Crippen LogP contribution in [0.5, 0.6) is 0 Å². The number of carbonyl (C=O) groups is 1. The number of nitrogens with zero attached hydrogens (tertiary/aromatic N) is 3. The highest BCUT2D eigenvalue weighted by Crippen LogP contribution is 2.25. The van der Waals surface area contributed by atoms with Gasteiger partial charge in [-0.25, -0.2) is 9.48 Å². The topological polar surface area (TPSA) is 68.0 Å². The van der Waals surface area contributed by atoms with Crippen LogP contribution < -0.4 is 0 Å². The first kappa shape index (κ1) is 15.3. The van der Waals surface area contributed by atoms with Crippen LogP contribution in [-0.2, 0) is 12.3 Å². The molecule has 3 rings (SSSR count). The van der Waals surface area contributed by atoms with Crippen molar-refractivity contribution in [2.45, 2.75) is 17.2 Å². The lowest BCUT2D eigenvalue weighted by molar-refractivity contribution is 0.0693. The fraction of sp³-hybridized carbons (Fsp3) is 0.118. The third-order valence-electron chi connectivity index (χ3n) is 3.27. The lowest BCUT2D eigenvalue weighted by Gasteiger charge is -2.03. The predicted octanol–water partition coefficient (Wildman–Crippen LogP) is 3.32. The average molecular weight is 325 g/mol. The number of aromatic carboxylic acids is 1. The van der Waals surface area contributed by atoms with Crippen LogP contribution >= 0.6 is 11.8 Å². The van der Waals surface area contributed by atoms with Crippen molar-refractivity contribution in [2.75, 3.05) is 0 Å². The highest BCUT2D eigenvalue weighted by Gasteiger charge is 2.10. The Bertz CT molecular complexity index is 802. The summed E-state index contributed by atoms with van der Waals surface area (Å²) in [6.07, 6.45) is 1.89. The summed E-state index contributed by atoms with van der Waals surface area (Å²) in [4.78, 5) is 11.9. The number of benzene rings is 2. The molecule has 1 heterocycles. The van der Waals surface area contributed by atoms with Crippen molar-refractivity contribution >= 4 is 17.7 Å². The van der Waals surface area contributed by atoms with E-state index in [0.29, 0.717) is 17.9 Å². The summed E-state index contributed by atoms with van der Waals surface area (Å²) in [6.45, 7) is 0.671. The van der Waals surface area contributed by atoms with E-state index in [2.05, 4.69) is 10.3 Å². The van der Waals surface area contributed by atoms with Crippen molar-refractivity contribution in [3.8, 4) is 0 Å². The minimum absolute atomic E-state index is 0.314. The number of rotatable bonds is 6. The summed E-state index contributed by atoms with van der Waals surface area (Å²) in [7, 11) is 0. The molecule has 0 aliphatic heterocycles. The standard InChI is InChI=1S/C17H15N3O2S/c21-17(22)15-8-4-5-9-16(15)23-12-14-11-20(19-18-14)10-13-6-2-1-3-7-13/h1-9,11H,10,12H2,(H,21,22). The van der Waals surface area contributed by atoms with E-state index in [4.69, 9.17) is 0 Å². The Morgan fingerprint density at radius 2 is 1.83 bits per heavy atom. The number of carboxylic acids is 1. The summed E-state index contributed by atoms with van der Waals surface area (Å²) < 4.78 is 1.79. The first-order chi connectivity index (χ1) is 11.2. The van der Waals surface area contributed by atoms with E-state index in [1.54, 1.807) is 16.8 Å². The average Bonchev–Trinajstić information content (AvgIpc) is 3.01. The molecular formula is C17H15N3O2S. The van der Waals surface area contributed by atoms with Crippen molar-refractivity contribution in [3.05, 3.63) is 77.6 Å².